The van der Waals surface area contributed by atoms with Crippen LogP contribution in [0, 0.1) is 13.8 Å². The first-order chi connectivity index (χ1) is 15.5. The fraction of sp³-hybridized carbons (Fsp3) is 0.292. The van der Waals surface area contributed by atoms with Crippen LogP contribution in [0.4, 0.5) is 0 Å². The molecule has 2 aromatic carbocycles. The lowest BCUT2D eigenvalue weighted by Crippen LogP contribution is -2.33. The van der Waals surface area contributed by atoms with Gasteiger partial charge in [0.15, 0.2) is 11.9 Å². The number of imidazole rings is 1. The van der Waals surface area contributed by atoms with Crippen LogP contribution in [-0.4, -0.2) is 59.8 Å². The molecule has 5 rings (SSSR count). The Labute approximate surface area is 184 Å². The minimum Gasteiger partial charge on any atom is -0.394 e. The maximum absolute atomic E-state index is 10.4. The number of aryl methyl sites for hydroxylation is 2. The zero-order valence-electron chi connectivity index (χ0n) is 17.8. The number of ether oxygens (including phenoxy) is 1. The molecule has 1 saturated heterocycles. The fourth-order valence-electron chi connectivity index (χ4n) is 4.42. The standard InChI is InChI=1S/C24H24N4O4/c1-13-7-14(2)9-15(8-13)16-5-3-4-6-17(16)19-20-23(26-11-25-19)28(12-27-20)24-22(31)21(30)18(10-29)32-24/h3-9,11-12,18,21-22,24,29-31H,10H2,1-2H3/t18-,21-,22-,24-/m1/s1. The second kappa shape index (κ2) is 8.07. The van der Waals surface area contributed by atoms with Gasteiger partial charge in [0.1, 0.15) is 35.8 Å². The van der Waals surface area contributed by atoms with Gasteiger partial charge in [-0.3, -0.25) is 4.57 Å². The summed E-state index contributed by atoms with van der Waals surface area (Å²) in [6, 6.07) is 14.4. The van der Waals surface area contributed by atoms with Crippen molar-refractivity contribution in [3.63, 3.8) is 0 Å². The van der Waals surface area contributed by atoms with Crippen LogP contribution in [0.15, 0.2) is 55.1 Å². The maximum Gasteiger partial charge on any atom is 0.166 e. The third kappa shape index (κ3) is 3.37. The summed E-state index contributed by atoms with van der Waals surface area (Å²) in [5, 5.41) is 30.0. The molecule has 0 saturated carbocycles. The zero-order valence-corrected chi connectivity index (χ0v) is 17.8. The van der Waals surface area contributed by atoms with Crippen LogP contribution >= 0.6 is 0 Å². The van der Waals surface area contributed by atoms with Gasteiger partial charge in [0.05, 0.1) is 12.9 Å². The molecule has 3 N–H and O–H groups in total. The number of nitrogens with zero attached hydrogens (tertiary/aromatic N) is 4. The Bertz CT molecular complexity index is 1270. The zero-order chi connectivity index (χ0) is 22.4. The first kappa shape index (κ1) is 20.7. The molecular formula is C24H24N4O4. The Kier molecular flexibility index (Phi) is 5.22. The van der Waals surface area contributed by atoms with Crippen molar-refractivity contribution in [1.82, 2.24) is 19.5 Å². The van der Waals surface area contributed by atoms with Crippen molar-refractivity contribution in [3.05, 3.63) is 66.2 Å². The highest BCUT2D eigenvalue weighted by Gasteiger charge is 2.44. The Morgan fingerprint density at radius 1 is 0.938 bits per heavy atom. The van der Waals surface area contributed by atoms with Crippen LogP contribution in [0.1, 0.15) is 17.4 Å². The molecule has 3 heterocycles. The van der Waals surface area contributed by atoms with E-state index in [1.165, 1.54) is 23.8 Å². The lowest BCUT2D eigenvalue weighted by Gasteiger charge is -2.16. The van der Waals surface area contributed by atoms with Crippen LogP contribution in [0.25, 0.3) is 33.5 Å². The van der Waals surface area contributed by atoms with Crippen LogP contribution in [-0.2, 0) is 4.74 Å². The van der Waals surface area contributed by atoms with Crippen molar-refractivity contribution in [2.24, 2.45) is 0 Å². The first-order valence-corrected chi connectivity index (χ1v) is 10.5. The molecule has 0 amide bonds. The molecule has 4 aromatic rings. The van der Waals surface area contributed by atoms with E-state index in [1.807, 2.05) is 18.2 Å². The molecule has 2 aromatic heterocycles. The van der Waals surface area contributed by atoms with Gasteiger partial charge < -0.3 is 20.1 Å². The Morgan fingerprint density at radius 3 is 2.34 bits per heavy atom. The second-order valence-electron chi connectivity index (χ2n) is 8.20. The average Bonchev–Trinajstić information content (AvgIpc) is 3.34. The summed E-state index contributed by atoms with van der Waals surface area (Å²) >= 11 is 0. The summed E-state index contributed by atoms with van der Waals surface area (Å²) in [4.78, 5) is 13.4. The van der Waals surface area contributed by atoms with Crippen molar-refractivity contribution in [3.8, 4) is 22.4 Å². The highest BCUT2D eigenvalue weighted by Crippen LogP contribution is 2.36. The smallest absolute Gasteiger partial charge is 0.166 e. The van der Waals surface area contributed by atoms with E-state index in [9.17, 15) is 15.3 Å². The van der Waals surface area contributed by atoms with Gasteiger partial charge in [0.25, 0.3) is 0 Å². The van der Waals surface area contributed by atoms with Crippen LogP contribution in [0.2, 0.25) is 0 Å². The van der Waals surface area contributed by atoms with Crippen molar-refractivity contribution in [2.75, 3.05) is 6.61 Å². The predicted molar refractivity (Wildman–Crippen MR) is 119 cm³/mol. The molecule has 0 bridgehead atoms. The molecule has 1 fully saturated rings. The Morgan fingerprint density at radius 2 is 1.66 bits per heavy atom. The summed E-state index contributed by atoms with van der Waals surface area (Å²) < 4.78 is 7.24. The SMILES string of the molecule is Cc1cc(C)cc(-c2ccccc2-c2ncnc3c2ncn3[C@@H]2O[C@H](CO)[C@@H](O)[C@H]2O)c1. The van der Waals surface area contributed by atoms with Gasteiger partial charge in [-0.05, 0) is 25.0 Å². The second-order valence-corrected chi connectivity index (χ2v) is 8.20. The third-order valence-corrected chi connectivity index (χ3v) is 5.86. The van der Waals surface area contributed by atoms with Crippen molar-refractivity contribution in [1.29, 1.82) is 0 Å². The fourth-order valence-corrected chi connectivity index (χ4v) is 4.42. The number of hydrogen-bond donors (Lipinski definition) is 3. The van der Waals surface area contributed by atoms with Gasteiger partial charge in [-0.2, -0.15) is 0 Å². The lowest BCUT2D eigenvalue weighted by molar-refractivity contribution is -0.0511. The van der Waals surface area contributed by atoms with Gasteiger partial charge in [-0.1, -0.05) is 53.6 Å². The van der Waals surface area contributed by atoms with Gasteiger partial charge in [0, 0.05) is 5.56 Å². The van der Waals surface area contributed by atoms with E-state index in [4.69, 9.17) is 4.74 Å². The highest BCUT2D eigenvalue weighted by atomic mass is 16.6. The average molecular weight is 432 g/mol. The van der Waals surface area contributed by atoms with E-state index >= 15 is 0 Å². The monoisotopic (exact) mass is 432 g/mol. The molecule has 0 spiro atoms. The third-order valence-electron chi connectivity index (χ3n) is 5.86. The number of hydrogen-bond acceptors (Lipinski definition) is 7. The van der Waals surface area contributed by atoms with E-state index in [0.29, 0.717) is 16.9 Å². The van der Waals surface area contributed by atoms with Crippen molar-refractivity contribution >= 4 is 11.2 Å². The quantitative estimate of drug-likeness (QED) is 0.454. The van der Waals surface area contributed by atoms with Crippen LogP contribution < -0.4 is 0 Å². The maximum atomic E-state index is 10.4. The molecule has 164 valence electrons. The van der Waals surface area contributed by atoms with E-state index < -0.39 is 31.1 Å². The normalized spacial score (nSPS) is 23.2. The lowest BCUT2D eigenvalue weighted by atomic mass is 9.95. The summed E-state index contributed by atoms with van der Waals surface area (Å²) in [5.41, 5.74) is 7.08. The number of fused-ring (bicyclic) bond motifs is 1. The molecular weight excluding hydrogens is 408 g/mol. The molecule has 0 aliphatic carbocycles. The summed E-state index contributed by atoms with van der Waals surface area (Å²) in [7, 11) is 0. The topological polar surface area (TPSA) is 114 Å². The molecule has 8 heteroatoms. The minimum absolute atomic E-state index is 0.398. The van der Waals surface area contributed by atoms with Crippen LogP contribution in [0.3, 0.4) is 0 Å². The van der Waals surface area contributed by atoms with E-state index in [1.54, 1.807) is 4.57 Å². The number of aromatic nitrogens is 4. The summed E-state index contributed by atoms with van der Waals surface area (Å²) in [5.74, 6) is 0. The first-order valence-electron chi connectivity index (χ1n) is 10.5. The molecule has 32 heavy (non-hydrogen) atoms. The number of aliphatic hydroxyl groups excluding tert-OH is 3. The van der Waals surface area contributed by atoms with E-state index in [-0.39, 0.29) is 0 Å². The number of aliphatic hydroxyl groups is 3. The predicted octanol–water partition coefficient (Wildman–Crippen LogP) is 2.39. The molecule has 8 nitrogen and oxygen atoms in total. The number of benzene rings is 2. The Balaban J connectivity index is 1.64. The minimum atomic E-state index is -1.22. The van der Waals surface area contributed by atoms with Crippen LogP contribution in [0.5, 0.6) is 0 Å². The molecule has 0 radical (unpaired) electrons. The summed E-state index contributed by atoms with van der Waals surface area (Å²) in [6.07, 6.45) is -1.24. The van der Waals surface area contributed by atoms with Crippen molar-refractivity contribution in [2.45, 2.75) is 38.4 Å². The number of rotatable bonds is 4. The molecule has 0 unspecified atom stereocenters. The summed E-state index contributed by atoms with van der Waals surface area (Å²) in [6.45, 7) is 3.75. The van der Waals surface area contributed by atoms with Gasteiger partial charge in [-0.25, -0.2) is 15.0 Å². The molecule has 1 aliphatic rings. The van der Waals surface area contributed by atoms with Gasteiger partial charge >= 0.3 is 0 Å². The van der Waals surface area contributed by atoms with E-state index in [2.05, 4.69) is 53.1 Å². The van der Waals surface area contributed by atoms with Gasteiger partial charge in [0.2, 0.25) is 0 Å². The Hall–Kier alpha value is -3.17. The largest absolute Gasteiger partial charge is 0.394 e. The van der Waals surface area contributed by atoms with E-state index in [0.717, 1.165) is 16.7 Å². The highest BCUT2D eigenvalue weighted by molar-refractivity contribution is 5.93. The molecule has 1 aliphatic heterocycles. The van der Waals surface area contributed by atoms with Crippen molar-refractivity contribution < 1.29 is 20.1 Å². The molecule has 4 atom stereocenters. The van der Waals surface area contributed by atoms with Gasteiger partial charge in [-0.15, -0.1) is 0 Å².